The van der Waals surface area contributed by atoms with E-state index in [1.165, 1.54) is 11.6 Å². The fourth-order valence-electron chi connectivity index (χ4n) is 1.63. The molecule has 0 atom stereocenters. The fourth-order valence-corrected chi connectivity index (χ4v) is 2.33. The van der Waals surface area contributed by atoms with Crippen molar-refractivity contribution in [3.8, 4) is 0 Å². The number of aryl methyl sites for hydroxylation is 1. The number of benzene rings is 1. The highest BCUT2D eigenvalue weighted by atomic mass is 28.2. The van der Waals surface area contributed by atoms with E-state index in [2.05, 4.69) is 37.3 Å². The monoisotopic (exact) mass is 252 g/mol. The quantitative estimate of drug-likeness (QED) is 0.471. The van der Waals surface area contributed by atoms with E-state index in [1.54, 1.807) is 0 Å². The molecule has 0 fully saturated rings. The van der Waals surface area contributed by atoms with Gasteiger partial charge < -0.3 is 9.16 Å². The van der Waals surface area contributed by atoms with Gasteiger partial charge in [0.15, 0.2) is 9.76 Å². The summed E-state index contributed by atoms with van der Waals surface area (Å²) in [5, 5.41) is 0. The van der Waals surface area contributed by atoms with Gasteiger partial charge in [-0.15, -0.1) is 0 Å². The summed E-state index contributed by atoms with van der Waals surface area (Å²) in [4.78, 5) is 0. The summed E-state index contributed by atoms with van der Waals surface area (Å²) in [5.74, 6) is 0. The maximum absolute atomic E-state index is 5.57. The third-order valence-electron chi connectivity index (χ3n) is 2.52. The van der Waals surface area contributed by atoms with Crippen molar-refractivity contribution in [2.24, 2.45) is 0 Å². The van der Waals surface area contributed by atoms with Gasteiger partial charge in [0.05, 0.1) is 0 Å². The van der Waals surface area contributed by atoms with Gasteiger partial charge in [-0.1, -0.05) is 37.3 Å². The number of rotatable bonds is 10. The van der Waals surface area contributed by atoms with Crippen LogP contribution in [-0.2, 0) is 15.6 Å². The molecule has 0 saturated carbocycles. The van der Waals surface area contributed by atoms with E-state index in [0.29, 0.717) is 0 Å². The van der Waals surface area contributed by atoms with Crippen molar-refractivity contribution < 1.29 is 9.16 Å². The van der Waals surface area contributed by atoms with Crippen molar-refractivity contribution >= 4 is 9.76 Å². The molecule has 0 spiro atoms. The minimum atomic E-state index is -0.213. The van der Waals surface area contributed by atoms with Crippen molar-refractivity contribution in [1.29, 1.82) is 0 Å². The Labute approximate surface area is 107 Å². The SMILES string of the molecule is CC[SiH2]OCCCOCCCc1ccccc1. The van der Waals surface area contributed by atoms with Crippen molar-refractivity contribution in [3.63, 3.8) is 0 Å². The van der Waals surface area contributed by atoms with Gasteiger partial charge in [-0.05, 0) is 30.9 Å². The van der Waals surface area contributed by atoms with Crippen LogP contribution in [0.2, 0.25) is 6.04 Å². The molecule has 0 heterocycles. The standard InChI is InChI=1S/C14H24O2Si/c1-2-17-16-13-7-12-15-11-6-10-14-8-4-3-5-9-14/h3-5,8-9H,2,6-7,10-13,17H2,1H3. The van der Waals surface area contributed by atoms with Gasteiger partial charge in [0.1, 0.15) is 0 Å². The second kappa shape index (κ2) is 10.5. The van der Waals surface area contributed by atoms with Gasteiger partial charge in [-0.3, -0.25) is 0 Å². The van der Waals surface area contributed by atoms with E-state index in [9.17, 15) is 0 Å². The van der Waals surface area contributed by atoms with Gasteiger partial charge in [-0.25, -0.2) is 0 Å². The molecule has 0 N–H and O–H groups in total. The first-order valence-corrected chi connectivity index (χ1v) is 8.20. The van der Waals surface area contributed by atoms with Crippen LogP contribution in [0.4, 0.5) is 0 Å². The second-order valence-corrected chi connectivity index (χ2v) is 5.98. The average molecular weight is 252 g/mol. The third-order valence-corrected chi connectivity index (χ3v) is 3.51. The Morgan fingerprint density at radius 1 is 1.00 bits per heavy atom. The van der Waals surface area contributed by atoms with Crippen LogP contribution in [0.25, 0.3) is 0 Å². The lowest BCUT2D eigenvalue weighted by molar-refractivity contribution is 0.118. The number of hydrogen-bond acceptors (Lipinski definition) is 2. The molecule has 0 unspecified atom stereocenters. The zero-order valence-electron chi connectivity index (χ0n) is 10.9. The van der Waals surface area contributed by atoms with Crippen LogP contribution in [0.5, 0.6) is 0 Å². The first kappa shape index (κ1) is 14.4. The minimum absolute atomic E-state index is 0.213. The molecule has 17 heavy (non-hydrogen) atoms. The van der Waals surface area contributed by atoms with Crippen LogP contribution < -0.4 is 0 Å². The summed E-state index contributed by atoms with van der Waals surface area (Å²) in [5.41, 5.74) is 1.40. The van der Waals surface area contributed by atoms with Gasteiger partial charge in [0, 0.05) is 19.8 Å². The van der Waals surface area contributed by atoms with Crippen LogP contribution >= 0.6 is 0 Å². The molecule has 2 nitrogen and oxygen atoms in total. The predicted molar refractivity (Wildman–Crippen MR) is 75.2 cm³/mol. The maximum Gasteiger partial charge on any atom is 0.161 e. The highest BCUT2D eigenvalue weighted by Gasteiger charge is 1.93. The molecule has 0 aromatic heterocycles. The Balaban J connectivity index is 1.85. The van der Waals surface area contributed by atoms with E-state index in [4.69, 9.17) is 9.16 Å². The molecule has 0 saturated heterocycles. The molecule has 0 radical (unpaired) electrons. The summed E-state index contributed by atoms with van der Waals surface area (Å²) in [6.45, 7) is 4.78. The molecule has 1 rings (SSSR count). The van der Waals surface area contributed by atoms with Crippen LogP contribution in [-0.4, -0.2) is 29.6 Å². The van der Waals surface area contributed by atoms with E-state index < -0.39 is 0 Å². The molecule has 0 amide bonds. The largest absolute Gasteiger partial charge is 0.424 e. The van der Waals surface area contributed by atoms with Gasteiger partial charge in [0.25, 0.3) is 0 Å². The topological polar surface area (TPSA) is 18.5 Å². The highest BCUT2D eigenvalue weighted by Crippen LogP contribution is 2.02. The van der Waals surface area contributed by atoms with Crippen LogP contribution in [0, 0.1) is 0 Å². The zero-order valence-corrected chi connectivity index (χ0v) is 12.3. The fraction of sp³-hybridized carbons (Fsp3) is 0.571. The first-order chi connectivity index (χ1) is 8.43. The van der Waals surface area contributed by atoms with Crippen LogP contribution in [0.15, 0.2) is 30.3 Å². The van der Waals surface area contributed by atoms with Gasteiger partial charge in [0.2, 0.25) is 0 Å². The first-order valence-electron chi connectivity index (χ1n) is 6.63. The molecular formula is C14H24O2Si. The van der Waals surface area contributed by atoms with Crippen molar-refractivity contribution in [2.45, 2.75) is 32.2 Å². The maximum atomic E-state index is 5.57. The molecular weight excluding hydrogens is 228 g/mol. The summed E-state index contributed by atoms with van der Waals surface area (Å²) in [6.07, 6.45) is 3.26. The lowest BCUT2D eigenvalue weighted by Crippen LogP contribution is -2.04. The van der Waals surface area contributed by atoms with Crippen molar-refractivity contribution in [2.75, 3.05) is 19.8 Å². The van der Waals surface area contributed by atoms with Crippen LogP contribution in [0.1, 0.15) is 25.3 Å². The summed E-state index contributed by atoms with van der Waals surface area (Å²) in [7, 11) is -0.213. The molecule has 0 aliphatic heterocycles. The average Bonchev–Trinajstić information content (AvgIpc) is 2.38. The minimum Gasteiger partial charge on any atom is -0.424 e. The van der Waals surface area contributed by atoms with Crippen molar-refractivity contribution in [1.82, 2.24) is 0 Å². The predicted octanol–water partition coefficient (Wildman–Crippen LogP) is 2.56. The molecule has 0 bridgehead atoms. The Morgan fingerprint density at radius 3 is 2.53 bits per heavy atom. The van der Waals surface area contributed by atoms with E-state index in [1.807, 2.05) is 0 Å². The summed E-state index contributed by atoms with van der Waals surface area (Å²) in [6, 6.07) is 11.8. The Bertz CT molecular complexity index is 264. The normalized spacial score (nSPS) is 11.4. The third kappa shape index (κ3) is 8.13. The van der Waals surface area contributed by atoms with E-state index in [-0.39, 0.29) is 9.76 Å². The summed E-state index contributed by atoms with van der Waals surface area (Å²) < 4.78 is 11.1. The summed E-state index contributed by atoms with van der Waals surface area (Å²) >= 11 is 0. The molecule has 96 valence electrons. The Morgan fingerprint density at radius 2 is 1.76 bits per heavy atom. The Kier molecular flexibility index (Phi) is 8.91. The highest BCUT2D eigenvalue weighted by molar-refractivity contribution is 6.26. The molecule has 0 aliphatic carbocycles. The van der Waals surface area contributed by atoms with E-state index >= 15 is 0 Å². The molecule has 3 heteroatoms. The molecule has 1 aromatic rings. The molecule has 0 aliphatic rings. The van der Waals surface area contributed by atoms with E-state index in [0.717, 1.165) is 39.1 Å². The molecule has 1 aromatic carbocycles. The number of hydrogen-bond donors (Lipinski definition) is 0. The smallest absolute Gasteiger partial charge is 0.161 e. The van der Waals surface area contributed by atoms with Crippen molar-refractivity contribution in [3.05, 3.63) is 35.9 Å². The van der Waals surface area contributed by atoms with Gasteiger partial charge >= 0.3 is 0 Å². The Hall–Kier alpha value is -0.643. The van der Waals surface area contributed by atoms with Crippen LogP contribution in [0.3, 0.4) is 0 Å². The zero-order chi connectivity index (χ0) is 12.2. The lowest BCUT2D eigenvalue weighted by atomic mass is 10.1. The second-order valence-electron chi connectivity index (χ2n) is 4.17. The van der Waals surface area contributed by atoms with Gasteiger partial charge in [-0.2, -0.15) is 0 Å². The lowest BCUT2D eigenvalue weighted by Gasteiger charge is -2.05. The number of ether oxygens (including phenoxy) is 1.